The van der Waals surface area contributed by atoms with E-state index in [1.54, 1.807) is 0 Å². The predicted octanol–water partition coefficient (Wildman–Crippen LogP) is 3.71. The smallest absolute Gasteiger partial charge is 0.137 e. The van der Waals surface area contributed by atoms with Crippen molar-refractivity contribution < 1.29 is 4.39 Å². The van der Waals surface area contributed by atoms with Gasteiger partial charge in [-0.25, -0.2) is 4.39 Å². The standard InChI is InChI=1S/C15H22BrFN2/c1-10-4-3-7-19(11(10)2)15(9-18)12-5-6-14(17)13(16)8-12/h5-6,8,10-11,15H,3-4,7,9,18H2,1-2H3. The lowest BCUT2D eigenvalue weighted by Crippen LogP contribution is -2.46. The van der Waals surface area contributed by atoms with Crippen LogP contribution in [-0.4, -0.2) is 24.0 Å². The number of benzene rings is 1. The van der Waals surface area contributed by atoms with Crippen LogP contribution in [0.2, 0.25) is 0 Å². The van der Waals surface area contributed by atoms with Crippen molar-refractivity contribution >= 4 is 15.9 Å². The Bertz CT molecular complexity index is 438. The molecule has 1 aliphatic heterocycles. The largest absolute Gasteiger partial charge is 0.329 e. The second-order valence-corrected chi connectivity index (χ2v) is 6.38. The topological polar surface area (TPSA) is 29.3 Å². The van der Waals surface area contributed by atoms with Crippen molar-refractivity contribution in [1.82, 2.24) is 4.90 Å². The van der Waals surface area contributed by atoms with Gasteiger partial charge >= 0.3 is 0 Å². The number of halogens is 2. The van der Waals surface area contributed by atoms with Crippen molar-refractivity contribution in [2.75, 3.05) is 13.1 Å². The molecule has 2 rings (SSSR count). The van der Waals surface area contributed by atoms with E-state index >= 15 is 0 Å². The zero-order valence-electron chi connectivity index (χ0n) is 11.6. The Morgan fingerprint density at radius 1 is 1.47 bits per heavy atom. The van der Waals surface area contributed by atoms with Gasteiger partial charge in [0.2, 0.25) is 0 Å². The highest BCUT2D eigenvalue weighted by Gasteiger charge is 2.30. The van der Waals surface area contributed by atoms with E-state index in [9.17, 15) is 4.39 Å². The second-order valence-electron chi connectivity index (χ2n) is 5.52. The third-order valence-electron chi connectivity index (χ3n) is 4.37. The molecule has 1 aromatic rings. The molecule has 0 amide bonds. The van der Waals surface area contributed by atoms with Gasteiger partial charge in [0.15, 0.2) is 0 Å². The molecule has 0 spiro atoms. The lowest BCUT2D eigenvalue weighted by Gasteiger charge is -2.42. The van der Waals surface area contributed by atoms with E-state index < -0.39 is 0 Å². The summed E-state index contributed by atoms with van der Waals surface area (Å²) in [7, 11) is 0. The first-order chi connectivity index (χ1) is 9.04. The number of rotatable bonds is 3. The molecule has 3 unspecified atom stereocenters. The molecule has 0 bridgehead atoms. The van der Waals surface area contributed by atoms with E-state index in [0.717, 1.165) is 12.1 Å². The van der Waals surface area contributed by atoms with Crippen molar-refractivity contribution in [2.24, 2.45) is 11.7 Å². The number of piperidine rings is 1. The summed E-state index contributed by atoms with van der Waals surface area (Å²) in [6, 6.07) is 5.92. The lowest BCUT2D eigenvalue weighted by molar-refractivity contribution is 0.0709. The van der Waals surface area contributed by atoms with E-state index in [0.29, 0.717) is 23.0 Å². The molecule has 4 heteroatoms. The molecule has 3 atom stereocenters. The molecule has 1 aliphatic rings. The lowest BCUT2D eigenvalue weighted by atomic mass is 9.89. The maximum atomic E-state index is 13.4. The van der Waals surface area contributed by atoms with Crippen molar-refractivity contribution in [3.8, 4) is 0 Å². The highest BCUT2D eigenvalue weighted by molar-refractivity contribution is 9.10. The van der Waals surface area contributed by atoms with Crippen LogP contribution in [0.15, 0.2) is 22.7 Å². The van der Waals surface area contributed by atoms with E-state index in [-0.39, 0.29) is 11.9 Å². The number of hydrogen-bond acceptors (Lipinski definition) is 2. The maximum Gasteiger partial charge on any atom is 0.137 e. The van der Waals surface area contributed by atoms with Crippen LogP contribution in [0.4, 0.5) is 4.39 Å². The Balaban J connectivity index is 2.25. The zero-order chi connectivity index (χ0) is 14.0. The summed E-state index contributed by atoms with van der Waals surface area (Å²) < 4.78 is 13.9. The molecule has 1 fully saturated rings. The summed E-state index contributed by atoms with van der Waals surface area (Å²) in [4.78, 5) is 2.47. The Labute approximate surface area is 123 Å². The first kappa shape index (κ1) is 14.9. The van der Waals surface area contributed by atoms with Crippen LogP contribution in [0.25, 0.3) is 0 Å². The van der Waals surface area contributed by atoms with Crippen LogP contribution < -0.4 is 5.73 Å². The van der Waals surface area contributed by atoms with Gasteiger partial charge in [-0.15, -0.1) is 0 Å². The van der Waals surface area contributed by atoms with Gasteiger partial charge in [-0.1, -0.05) is 13.0 Å². The Morgan fingerprint density at radius 2 is 2.21 bits per heavy atom. The van der Waals surface area contributed by atoms with Gasteiger partial charge in [-0.2, -0.15) is 0 Å². The Kier molecular flexibility index (Phi) is 4.98. The van der Waals surface area contributed by atoms with E-state index in [2.05, 4.69) is 34.7 Å². The molecule has 0 radical (unpaired) electrons. The SMILES string of the molecule is CC1CCCN(C(CN)c2ccc(F)c(Br)c2)C1C. The van der Waals surface area contributed by atoms with Gasteiger partial charge in [0.1, 0.15) is 5.82 Å². The van der Waals surface area contributed by atoms with Gasteiger partial charge < -0.3 is 5.73 Å². The zero-order valence-corrected chi connectivity index (χ0v) is 13.2. The van der Waals surface area contributed by atoms with Gasteiger partial charge in [0.05, 0.1) is 4.47 Å². The van der Waals surface area contributed by atoms with Crippen LogP contribution in [0, 0.1) is 11.7 Å². The normalized spacial score (nSPS) is 26.4. The molecule has 2 N–H and O–H groups in total. The fraction of sp³-hybridized carbons (Fsp3) is 0.600. The molecule has 106 valence electrons. The highest BCUT2D eigenvalue weighted by atomic mass is 79.9. The van der Waals surface area contributed by atoms with E-state index in [1.807, 2.05) is 12.1 Å². The van der Waals surface area contributed by atoms with E-state index in [4.69, 9.17) is 5.73 Å². The first-order valence-electron chi connectivity index (χ1n) is 6.95. The van der Waals surface area contributed by atoms with Crippen LogP contribution in [0.3, 0.4) is 0 Å². The highest BCUT2D eigenvalue weighted by Crippen LogP contribution is 2.32. The Morgan fingerprint density at radius 3 is 2.84 bits per heavy atom. The maximum absolute atomic E-state index is 13.4. The summed E-state index contributed by atoms with van der Waals surface area (Å²) >= 11 is 3.26. The number of hydrogen-bond donors (Lipinski definition) is 1. The van der Waals surface area contributed by atoms with Crippen LogP contribution in [-0.2, 0) is 0 Å². The minimum Gasteiger partial charge on any atom is -0.329 e. The third kappa shape index (κ3) is 3.18. The molecule has 1 aromatic carbocycles. The van der Waals surface area contributed by atoms with Crippen molar-refractivity contribution in [1.29, 1.82) is 0 Å². The molecule has 2 nitrogen and oxygen atoms in total. The summed E-state index contributed by atoms with van der Waals surface area (Å²) in [6.07, 6.45) is 2.49. The number of nitrogens with zero attached hydrogens (tertiary/aromatic N) is 1. The molecular weight excluding hydrogens is 307 g/mol. The predicted molar refractivity (Wildman–Crippen MR) is 80.5 cm³/mol. The number of nitrogens with two attached hydrogens (primary N) is 1. The monoisotopic (exact) mass is 328 g/mol. The number of likely N-dealkylation sites (tertiary alicyclic amines) is 1. The summed E-state index contributed by atoms with van der Waals surface area (Å²) in [5.74, 6) is 0.464. The second kappa shape index (κ2) is 6.33. The summed E-state index contributed by atoms with van der Waals surface area (Å²) in [6.45, 7) is 6.20. The van der Waals surface area contributed by atoms with Gasteiger partial charge in [-0.05, 0) is 65.9 Å². The van der Waals surface area contributed by atoms with Crippen LogP contribution in [0.1, 0.15) is 38.3 Å². The van der Waals surface area contributed by atoms with Gasteiger partial charge in [0.25, 0.3) is 0 Å². The fourth-order valence-electron chi connectivity index (χ4n) is 2.99. The quantitative estimate of drug-likeness (QED) is 0.916. The molecule has 0 aliphatic carbocycles. The van der Waals surface area contributed by atoms with Crippen molar-refractivity contribution in [3.63, 3.8) is 0 Å². The minimum absolute atomic E-state index is 0.176. The van der Waals surface area contributed by atoms with Crippen molar-refractivity contribution in [2.45, 2.75) is 38.8 Å². The summed E-state index contributed by atoms with van der Waals surface area (Å²) in [5.41, 5.74) is 7.07. The average molecular weight is 329 g/mol. The molecule has 1 saturated heterocycles. The first-order valence-corrected chi connectivity index (χ1v) is 7.74. The molecule has 0 aromatic heterocycles. The van der Waals surface area contributed by atoms with Gasteiger partial charge in [0, 0.05) is 18.6 Å². The average Bonchev–Trinajstić information content (AvgIpc) is 2.39. The van der Waals surface area contributed by atoms with E-state index in [1.165, 1.54) is 18.9 Å². The van der Waals surface area contributed by atoms with Crippen molar-refractivity contribution in [3.05, 3.63) is 34.1 Å². The van der Waals surface area contributed by atoms with Gasteiger partial charge in [-0.3, -0.25) is 4.90 Å². The van der Waals surface area contributed by atoms with Crippen LogP contribution in [0.5, 0.6) is 0 Å². The fourth-order valence-corrected chi connectivity index (χ4v) is 3.39. The molecular formula is C15H22BrFN2. The Hall–Kier alpha value is -0.450. The molecule has 19 heavy (non-hydrogen) atoms. The summed E-state index contributed by atoms with van der Waals surface area (Å²) in [5, 5.41) is 0. The van der Waals surface area contributed by atoms with Crippen LogP contribution >= 0.6 is 15.9 Å². The third-order valence-corrected chi connectivity index (χ3v) is 4.98. The minimum atomic E-state index is -0.223. The molecule has 0 saturated carbocycles. The molecule has 1 heterocycles.